The van der Waals surface area contributed by atoms with Crippen molar-refractivity contribution in [3.63, 3.8) is 0 Å². The Morgan fingerprint density at radius 1 is 1.42 bits per heavy atom. The topological polar surface area (TPSA) is 46.3 Å². The summed E-state index contributed by atoms with van der Waals surface area (Å²) in [6.45, 7) is 2.80. The van der Waals surface area contributed by atoms with Crippen LogP contribution in [-0.4, -0.2) is 29.4 Å². The molecule has 1 aliphatic rings. The van der Waals surface area contributed by atoms with Crippen molar-refractivity contribution >= 4 is 49.1 Å². The van der Waals surface area contributed by atoms with E-state index in [0.717, 1.165) is 45.4 Å². The van der Waals surface area contributed by atoms with Crippen molar-refractivity contribution in [3.05, 3.63) is 19.2 Å². The highest BCUT2D eigenvalue weighted by Crippen LogP contribution is 2.34. The molecule has 1 aromatic rings. The van der Waals surface area contributed by atoms with Crippen LogP contribution in [0.1, 0.15) is 42.3 Å². The molecule has 0 radical (unpaired) electrons. The molecule has 0 spiro atoms. The molecular formula is C13H18Br2N2OS. The van der Waals surface area contributed by atoms with Crippen LogP contribution in [0.2, 0.25) is 0 Å². The molecule has 106 valence electrons. The lowest BCUT2D eigenvalue weighted by Crippen LogP contribution is -2.43. The first-order valence-electron chi connectivity index (χ1n) is 6.54. The molecular weight excluding hydrogens is 392 g/mol. The molecule has 0 atom stereocenters. The van der Waals surface area contributed by atoms with Gasteiger partial charge in [-0.1, -0.05) is 0 Å². The summed E-state index contributed by atoms with van der Waals surface area (Å²) in [6, 6.07) is 2.56. The fourth-order valence-corrected chi connectivity index (χ4v) is 4.57. The van der Waals surface area contributed by atoms with Gasteiger partial charge in [-0.05, 0) is 70.5 Å². The molecule has 19 heavy (non-hydrogen) atoms. The lowest BCUT2D eigenvalue weighted by molar-refractivity contribution is 0.0645. The Morgan fingerprint density at radius 3 is 2.53 bits per heavy atom. The van der Waals surface area contributed by atoms with Crippen LogP contribution in [0, 0.1) is 0 Å². The van der Waals surface area contributed by atoms with Gasteiger partial charge < -0.3 is 10.6 Å². The summed E-state index contributed by atoms with van der Waals surface area (Å²) in [7, 11) is 0. The standard InChI is InChI=1S/C13H18Br2N2OS/c1-2-17(9-5-3-8(16)4-6-9)13(18)11-7-10(14)12(15)19-11/h7-9H,2-6,16H2,1H3. The summed E-state index contributed by atoms with van der Waals surface area (Å²) in [5.74, 6) is 0.138. The number of thiophene rings is 1. The summed E-state index contributed by atoms with van der Waals surface area (Å²) in [5, 5.41) is 0. The van der Waals surface area contributed by atoms with E-state index in [0.29, 0.717) is 12.1 Å². The molecule has 6 heteroatoms. The molecule has 1 amide bonds. The van der Waals surface area contributed by atoms with Gasteiger partial charge in [-0.25, -0.2) is 0 Å². The molecule has 0 aliphatic heterocycles. The Labute approximate surface area is 134 Å². The minimum absolute atomic E-state index is 0.138. The predicted octanol–water partition coefficient (Wildman–Crippen LogP) is 4.01. The van der Waals surface area contributed by atoms with Gasteiger partial charge >= 0.3 is 0 Å². The normalized spacial score (nSPS) is 23.4. The molecule has 1 heterocycles. The number of carbonyl (C=O) groups excluding carboxylic acids is 1. The maximum atomic E-state index is 12.6. The van der Waals surface area contributed by atoms with Gasteiger partial charge in [0.25, 0.3) is 5.91 Å². The third kappa shape index (κ3) is 3.60. The van der Waals surface area contributed by atoms with Gasteiger partial charge in [0.2, 0.25) is 0 Å². The Hall–Kier alpha value is 0.0900. The second-order valence-electron chi connectivity index (χ2n) is 4.89. The molecule has 0 aromatic carbocycles. The van der Waals surface area contributed by atoms with Crippen LogP contribution in [0.4, 0.5) is 0 Å². The van der Waals surface area contributed by atoms with Gasteiger partial charge in [-0.15, -0.1) is 11.3 Å². The zero-order valence-electron chi connectivity index (χ0n) is 10.9. The van der Waals surface area contributed by atoms with Crippen molar-refractivity contribution < 1.29 is 4.79 Å². The highest BCUT2D eigenvalue weighted by Gasteiger charge is 2.28. The van der Waals surface area contributed by atoms with Crippen molar-refractivity contribution in [2.75, 3.05) is 6.54 Å². The summed E-state index contributed by atoms with van der Waals surface area (Å²) in [5.41, 5.74) is 5.94. The number of carbonyl (C=O) groups is 1. The number of nitrogens with zero attached hydrogens (tertiary/aromatic N) is 1. The molecule has 2 rings (SSSR count). The van der Waals surface area contributed by atoms with Crippen LogP contribution in [0.5, 0.6) is 0 Å². The van der Waals surface area contributed by atoms with Crippen molar-refractivity contribution in [1.29, 1.82) is 0 Å². The number of amides is 1. The van der Waals surface area contributed by atoms with Gasteiger partial charge in [-0.3, -0.25) is 4.79 Å². The summed E-state index contributed by atoms with van der Waals surface area (Å²) in [4.78, 5) is 15.4. The minimum Gasteiger partial charge on any atom is -0.335 e. The minimum atomic E-state index is 0.138. The maximum absolute atomic E-state index is 12.6. The molecule has 1 aliphatic carbocycles. The van der Waals surface area contributed by atoms with Crippen molar-refractivity contribution in [1.82, 2.24) is 4.90 Å². The van der Waals surface area contributed by atoms with Crippen LogP contribution < -0.4 is 5.73 Å². The lowest BCUT2D eigenvalue weighted by Gasteiger charge is -2.35. The maximum Gasteiger partial charge on any atom is 0.264 e. The Kier molecular flexibility index (Phi) is 5.45. The average Bonchev–Trinajstić information content (AvgIpc) is 2.73. The highest BCUT2D eigenvalue weighted by atomic mass is 79.9. The fourth-order valence-electron chi connectivity index (χ4n) is 2.57. The zero-order valence-corrected chi connectivity index (χ0v) is 14.9. The van der Waals surface area contributed by atoms with E-state index < -0.39 is 0 Å². The zero-order chi connectivity index (χ0) is 14.0. The average molecular weight is 410 g/mol. The second-order valence-corrected chi connectivity index (χ2v) is 8.12. The smallest absolute Gasteiger partial charge is 0.264 e. The number of halogens is 2. The highest BCUT2D eigenvalue weighted by molar-refractivity contribution is 9.13. The molecule has 1 fully saturated rings. The number of nitrogens with two attached hydrogens (primary N) is 1. The molecule has 0 saturated heterocycles. The van der Waals surface area contributed by atoms with E-state index in [9.17, 15) is 4.79 Å². The third-order valence-electron chi connectivity index (χ3n) is 3.64. The Morgan fingerprint density at radius 2 is 2.05 bits per heavy atom. The first-order chi connectivity index (χ1) is 9.02. The number of hydrogen-bond donors (Lipinski definition) is 1. The SMILES string of the molecule is CCN(C(=O)c1cc(Br)c(Br)s1)C1CCC(N)CC1. The van der Waals surface area contributed by atoms with Crippen molar-refractivity contribution in [2.24, 2.45) is 5.73 Å². The van der Waals surface area contributed by atoms with Gasteiger partial charge in [0.1, 0.15) is 0 Å². The van der Waals surface area contributed by atoms with Gasteiger partial charge in [0.15, 0.2) is 0 Å². The van der Waals surface area contributed by atoms with Crippen LogP contribution in [-0.2, 0) is 0 Å². The van der Waals surface area contributed by atoms with Crippen LogP contribution in [0.3, 0.4) is 0 Å². The largest absolute Gasteiger partial charge is 0.335 e. The predicted molar refractivity (Wildman–Crippen MR) is 86.7 cm³/mol. The van der Waals surface area contributed by atoms with E-state index >= 15 is 0 Å². The number of rotatable bonds is 3. The third-order valence-corrected chi connectivity index (χ3v) is 6.88. The lowest BCUT2D eigenvalue weighted by atomic mass is 9.90. The Bertz CT molecular complexity index is 436. The first kappa shape index (κ1) is 15.5. The molecule has 2 N–H and O–H groups in total. The monoisotopic (exact) mass is 408 g/mol. The number of hydrogen-bond acceptors (Lipinski definition) is 3. The van der Waals surface area contributed by atoms with Gasteiger partial charge in [0, 0.05) is 23.1 Å². The summed E-state index contributed by atoms with van der Waals surface area (Å²) < 4.78 is 1.92. The van der Waals surface area contributed by atoms with Gasteiger partial charge in [0.05, 0.1) is 8.66 Å². The van der Waals surface area contributed by atoms with Gasteiger partial charge in [-0.2, -0.15) is 0 Å². The second kappa shape index (κ2) is 6.70. The van der Waals surface area contributed by atoms with Crippen LogP contribution in [0.25, 0.3) is 0 Å². The summed E-state index contributed by atoms with van der Waals surface area (Å²) >= 11 is 8.36. The quantitative estimate of drug-likeness (QED) is 0.819. The molecule has 1 saturated carbocycles. The van der Waals surface area contributed by atoms with E-state index in [1.165, 1.54) is 11.3 Å². The molecule has 0 bridgehead atoms. The van der Waals surface area contributed by atoms with Crippen molar-refractivity contribution in [2.45, 2.75) is 44.7 Å². The van der Waals surface area contributed by atoms with Crippen LogP contribution in [0.15, 0.2) is 14.3 Å². The van der Waals surface area contributed by atoms with Crippen molar-refractivity contribution in [3.8, 4) is 0 Å². The van der Waals surface area contributed by atoms with E-state index in [1.807, 2.05) is 17.9 Å². The first-order valence-corrected chi connectivity index (χ1v) is 8.94. The van der Waals surface area contributed by atoms with E-state index in [1.54, 1.807) is 0 Å². The van der Waals surface area contributed by atoms with E-state index in [2.05, 4.69) is 31.9 Å². The fraction of sp³-hybridized carbons (Fsp3) is 0.615. The van der Waals surface area contributed by atoms with E-state index in [-0.39, 0.29) is 5.91 Å². The molecule has 0 unspecified atom stereocenters. The molecule has 1 aromatic heterocycles. The van der Waals surface area contributed by atoms with Crippen LogP contribution >= 0.6 is 43.2 Å². The Balaban J connectivity index is 2.10. The molecule has 3 nitrogen and oxygen atoms in total. The van der Waals surface area contributed by atoms with E-state index in [4.69, 9.17) is 5.73 Å². The summed E-state index contributed by atoms with van der Waals surface area (Å²) in [6.07, 6.45) is 4.08.